The molecule has 4 saturated carbocycles. The van der Waals surface area contributed by atoms with Crippen molar-refractivity contribution in [3.63, 3.8) is 0 Å². The Kier molecular flexibility index (Phi) is 3.25. The Morgan fingerprint density at radius 3 is 2.38 bits per heavy atom. The predicted molar refractivity (Wildman–Crippen MR) is 85.7 cm³/mol. The van der Waals surface area contributed by atoms with E-state index >= 15 is 0 Å². The number of rotatable bonds is 0. The second-order valence-corrected chi connectivity index (χ2v) is 9.33. The highest BCUT2D eigenvalue weighted by Gasteiger charge is 2.59. The molecule has 4 aliphatic carbocycles. The molecular formula is C19H33NO. The maximum atomic E-state index is 10.5. The first-order valence-corrected chi connectivity index (χ1v) is 9.39. The van der Waals surface area contributed by atoms with Crippen LogP contribution in [0.2, 0.25) is 0 Å². The Morgan fingerprint density at radius 1 is 0.857 bits per heavy atom. The molecule has 8 atom stereocenters. The molecular weight excluding hydrogens is 258 g/mol. The summed E-state index contributed by atoms with van der Waals surface area (Å²) >= 11 is 0. The van der Waals surface area contributed by atoms with Gasteiger partial charge in [-0.15, -0.1) is 0 Å². The fourth-order valence-electron chi connectivity index (χ4n) is 7.26. The molecule has 4 rings (SSSR count). The largest absolute Gasteiger partial charge is 0.393 e. The molecule has 4 aliphatic rings. The first-order chi connectivity index (χ1) is 9.95. The molecule has 0 radical (unpaired) electrons. The summed E-state index contributed by atoms with van der Waals surface area (Å²) in [6.45, 7) is 4.98. The Bertz CT molecular complexity index is 424. The van der Waals surface area contributed by atoms with Gasteiger partial charge in [-0.3, -0.25) is 0 Å². The molecule has 0 saturated heterocycles. The molecule has 0 amide bonds. The minimum atomic E-state index is -0.0336. The quantitative estimate of drug-likeness (QED) is 0.714. The number of hydrogen-bond donors (Lipinski definition) is 2. The third-order valence-electron chi connectivity index (χ3n) is 8.66. The van der Waals surface area contributed by atoms with Gasteiger partial charge in [0.2, 0.25) is 0 Å². The lowest BCUT2D eigenvalue weighted by molar-refractivity contribution is -0.122. The second-order valence-electron chi connectivity index (χ2n) is 9.33. The Morgan fingerprint density at radius 2 is 1.57 bits per heavy atom. The third kappa shape index (κ3) is 1.91. The summed E-state index contributed by atoms with van der Waals surface area (Å²) in [5.41, 5.74) is 7.04. The molecule has 0 spiro atoms. The summed E-state index contributed by atoms with van der Waals surface area (Å²) in [5, 5.41) is 10.5. The number of aliphatic hydroxyl groups excluding tert-OH is 1. The van der Waals surface area contributed by atoms with Crippen LogP contribution in [0.4, 0.5) is 0 Å². The van der Waals surface area contributed by atoms with E-state index in [9.17, 15) is 5.11 Å². The van der Waals surface area contributed by atoms with Crippen molar-refractivity contribution in [3.05, 3.63) is 0 Å². The molecule has 2 heteroatoms. The number of fused-ring (bicyclic) bond motifs is 5. The van der Waals surface area contributed by atoms with Gasteiger partial charge in [-0.1, -0.05) is 13.8 Å². The molecule has 4 fully saturated rings. The van der Waals surface area contributed by atoms with Crippen molar-refractivity contribution in [2.45, 2.75) is 83.8 Å². The van der Waals surface area contributed by atoms with Crippen LogP contribution >= 0.6 is 0 Å². The van der Waals surface area contributed by atoms with E-state index in [1.54, 1.807) is 0 Å². The highest BCUT2D eigenvalue weighted by atomic mass is 16.3. The molecule has 0 aromatic heterocycles. The van der Waals surface area contributed by atoms with Crippen LogP contribution in [0.25, 0.3) is 0 Å². The summed E-state index contributed by atoms with van der Waals surface area (Å²) in [6, 6.07) is 0.460. The van der Waals surface area contributed by atoms with Gasteiger partial charge in [-0.25, -0.2) is 0 Å². The van der Waals surface area contributed by atoms with Gasteiger partial charge in [0.1, 0.15) is 0 Å². The van der Waals surface area contributed by atoms with Crippen molar-refractivity contribution in [2.75, 3.05) is 0 Å². The van der Waals surface area contributed by atoms with Crippen molar-refractivity contribution < 1.29 is 5.11 Å². The van der Waals surface area contributed by atoms with E-state index in [0.717, 1.165) is 30.1 Å². The maximum absolute atomic E-state index is 10.5. The second kappa shape index (κ2) is 4.71. The Balaban J connectivity index is 1.62. The highest BCUT2D eigenvalue weighted by molar-refractivity contribution is 5.09. The Hall–Kier alpha value is -0.0800. The maximum Gasteiger partial charge on any atom is 0.0596 e. The van der Waals surface area contributed by atoms with E-state index in [2.05, 4.69) is 13.8 Å². The van der Waals surface area contributed by atoms with E-state index in [0.29, 0.717) is 11.5 Å². The van der Waals surface area contributed by atoms with Gasteiger partial charge >= 0.3 is 0 Å². The van der Waals surface area contributed by atoms with Crippen LogP contribution in [-0.2, 0) is 0 Å². The van der Waals surface area contributed by atoms with Crippen molar-refractivity contribution in [1.29, 1.82) is 0 Å². The topological polar surface area (TPSA) is 46.2 Å². The molecule has 0 heterocycles. The summed E-state index contributed by atoms with van der Waals surface area (Å²) in [5.74, 6) is 3.46. The molecule has 120 valence electrons. The Labute approximate surface area is 129 Å². The van der Waals surface area contributed by atoms with Crippen LogP contribution in [0.15, 0.2) is 0 Å². The van der Waals surface area contributed by atoms with Gasteiger partial charge < -0.3 is 10.8 Å². The van der Waals surface area contributed by atoms with Crippen LogP contribution in [0.3, 0.4) is 0 Å². The summed E-state index contributed by atoms with van der Waals surface area (Å²) in [4.78, 5) is 0. The van der Waals surface area contributed by atoms with Gasteiger partial charge in [0, 0.05) is 6.04 Å². The zero-order valence-corrected chi connectivity index (χ0v) is 13.9. The van der Waals surface area contributed by atoms with E-state index in [1.165, 1.54) is 51.4 Å². The highest BCUT2D eigenvalue weighted by Crippen LogP contribution is 2.66. The van der Waals surface area contributed by atoms with Crippen molar-refractivity contribution >= 4 is 0 Å². The van der Waals surface area contributed by atoms with Gasteiger partial charge in [0.25, 0.3) is 0 Å². The first kappa shape index (κ1) is 14.5. The lowest BCUT2D eigenvalue weighted by atomic mass is 9.45. The normalized spacial score (nSPS) is 60.0. The van der Waals surface area contributed by atoms with Crippen molar-refractivity contribution in [3.8, 4) is 0 Å². The molecule has 2 nitrogen and oxygen atoms in total. The summed E-state index contributed by atoms with van der Waals surface area (Å²) in [7, 11) is 0. The molecule has 4 unspecified atom stereocenters. The number of nitrogens with two attached hydrogens (primary N) is 1. The minimum Gasteiger partial charge on any atom is -0.393 e. The molecule has 0 aromatic carbocycles. The first-order valence-electron chi connectivity index (χ1n) is 9.39. The fraction of sp³-hybridized carbons (Fsp3) is 1.00. The third-order valence-corrected chi connectivity index (χ3v) is 8.66. The SMILES string of the molecule is C[C@]12CC[C@H](N)CC1CCC1C2CC[C@@]2(C)C1CC[C@@H]2O. The molecule has 0 aliphatic heterocycles. The lowest BCUT2D eigenvalue weighted by Crippen LogP contribution is -2.55. The fourth-order valence-corrected chi connectivity index (χ4v) is 7.26. The monoisotopic (exact) mass is 291 g/mol. The smallest absolute Gasteiger partial charge is 0.0596 e. The lowest BCUT2D eigenvalue weighted by Gasteiger charge is -2.60. The van der Waals surface area contributed by atoms with Gasteiger partial charge in [0.15, 0.2) is 0 Å². The predicted octanol–water partition coefficient (Wildman–Crippen LogP) is 3.72. The van der Waals surface area contributed by atoms with Gasteiger partial charge in [0.05, 0.1) is 6.10 Å². The molecule has 0 bridgehead atoms. The van der Waals surface area contributed by atoms with Gasteiger partial charge in [-0.05, 0) is 92.3 Å². The van der Waals surface area contributed by atoms with Crippen LogP contribution in [0.1, 0.15) is 71.6 Å². The van der Waals surface area contributed by atoms with Crippen LogP contribution in [0.5, 0.6) is 0 Å². The van der Waals surface area contributed by atoms with Crippen LogP contribution < -0.4 is 5.73 Å². The van der Waals surface area contributed by atoms with Crippen molar-refractivity contribution in [1.82, 2.24) is 0 Å². The molecule has 21 heavy (non-hydrogen) atoms. The summed E-state index contributed by atoms with van der Waals surface area (Å²) < 4.78 is 0. The zero-order valence-electron chi connectivity index (χ0n) is 13.9. The van der Waals surface area contributed by atoms with Crippen LogP contribution in [-0.4, -0.2) is 17.3 Å². The number of aliphatic hydroxyl groups is 1. The minimum absolute atomic E-state index is 0.0336. The van der Waals surface area contributed by atoms with E-state index in [-0.39, 0.29) is 11.5 Å². The number of hydrogen-bond acceptors (Lipinski definition) is 2. The van der Waals surface area contributed by atoms with E-state index in [1.807, 2.05) is 0 Å². The zero-order chi connectivity index (χ0) is 14.8. The summed E-state index contributed by atoms with van der Waals surface area (Å²) in [6.07, 6.45) is 11.6. The standard InChI is InChI=1S/C19H33NO/c1-18-9-7-13(20)11-12(18)3-4-14-15-5-6-17(21)19(15,2)10-8-16(14)18/h12-17,21H,3-11,20H2,1-2H3/t12?,13-,14?,15?,16?,17-,18-,19-/m0/s1. The molecule has 0 aromatic rings. The van der Waals surface area contributed by atoms with E-state index < -0.39 is 0 Å². The average Bonchev–Trinajstić information content (AvgIpc) is 2.76. The van der Waals surface area contributed by atoms with Crippen LogP contribution in [0, 0.1) is 34.5 Å². The van der Waals surface area contributed by atoms with E-state index in [4.69, 9.17) is 5.73 Å². The average molecular weight is 291 g/mol. The van der Waals surface area contributed by atoms with Gasteiger partial charge in [-0.2, -0.15) is 0 Å². The van der Waals surface area contributed by atoms with Crippen molar-refractivity contribution in [2.24, 2.45) is 40.2 Å². The molecule has 3 N–H and O–H groups in total.